The van der Waals surface area contributed by atoms with E-state index in [9.17, 15) is 4.79 Å². The molecule has 0 aliphatic rings. The third-order valence-corrected chi connectivity index (χ3v) is 5.77. The van der Waals surface area contributed by atoms with Crippen LogP contribution in [0.5, 0.6) is 0 Å². The molecule has 0 saturated heterocycles. The molecule has 28 heavy (non-hydrogen) atoms. The summed E-state index contributed by atoms with van der Waals surface area (Å²) in [5.41, 5.74) is 3.59. The Morgan fingerprint density at radius 3 is 2.75 bits per heavy atom. The highest BCUT2D eigenvalue weighted by Gasteiger charge is 2.12. The summed E-state index contributed by atoms with van der Waals surface area (Å²) < 4.78 is 3.05. The maximum atomic E-state index is 12.5. The van der Waals surface area contributed by atoms with Crippen LogP contribution in [0.2, 0.25) is 0 Å². The van der Waals surface area contributed by atoms with Gasteiger partial charge in [-0.15, -0.1) is 16.4 Å². The summed E-state index contributed by atoms with van der Waals surface area (Å²) in [5.74, 6) is 0.443. The third kappa shape index (κ3) is 3.71. The van der Waals surface area contributed by atoms with Gasteiger partial charge in [-0.2, -0.15) is 0 Å². The standard InChI is InChI=1S/C21H23N5OS/c1-14(2)20-23-18(13-28-20)15(3)22-17-8-6-7-16(11-17)12-26-21(27)25-10-5-4-9-19(25)24-26/h4-11,13-15,22H,12H2,1-3H3. The molecular weight excluding hydrogens is 370 g/mol. The summed E-state index contributed by atoms with van der Waals surface area (Å²) in [5, 5.41) is 11.2. The quantitative estimate of drug-likeness (QED) is 0.531. The molecule has 0 amide bonds. The molecule has 1 N–H and O–H groups in total. The lowest BCUT2D eigenvalue weighted by atomic mass is 10.1. The molecule has 1 unspecified atom stereocenters. The van der Waals surface area contributed by atoms with E-state index in [1.165, 1.54) is 4.68 Å². The van der Waals surface area contributed by atoms with Gasteiger partial charge in [0.25, 0.3) is 0 Å². The Labute approximate surface area is 167 Å². The molecule has 3 aromatic heterocycles. The Morgan fingerprint density at radius 1 is 1.14 bits per heavy atom. The van der Waals surface area contributed by atoms with Crippen LogP contribution in [0.1, 0.15) is 49.0 Å². The van der Waals surface area contributed by atoms with E-state index in [0.717, 1.165) is 22.0 Å². The summed E-state index contributed by atoms with van der Waals surface area (Å²) in [4.78, 5) is 17.2. The number of hydrogen-bond acceptors (Lipinski definition) is 5. The van der Waals surface area contributed by atoms with Crippen LogP contribution in [0.4, 0.5) is 5.69 Å². The fraction of sp³-hybridized carbons (Fsp3) is 0.286. The van der Waals surface area contributed by atoms with Gasteiger partial charge in [0.2, 0.25) is 0 Å². The first-order valence-electron chi connectivity index (χ1n) is 9.36. The highest BCUT2D eigenvalue weighted by Crippen LogP contribution is 2.25. The molecular formula is C21H23N5OS. The van der Waals surface area contributed by atoms with Gasteiger partial charge in [-0.1, -0.05) is 32.0 Å². The first-order valence-corrected chi connectivity index (χ1v) is 10.2. The van der Waals surface area contributed by atoms with Crippen LogP contribution in [-0.2, 0) is 6.54 Å². The average molecular weight is 394 g/mol. The van der Waals surface area contributed by atoms with E-state index in [-0.39, 0.29) is 11.7 Å². The van der Waals surface area contributed by atoms with Gasteiger partial charge in [-0.3, -0.25) is 4.40 Å². The Kier molecular flexibility index (Phi) is 5.00. The maximum Gasteiger partial charge on any atom is 0.350 e. The van der Waals surface area contributed by atoms with Gasteiger partial charge in [-0.25, -0.2) is 14.5 Å². The number of aromatic nitrogens is 4. The molecule has 4 rings (SSSR count). The van der Waals surface area contributed by atoms with Crippen molar-refractivity contribution in [2.24, 2.45) is 0 Å². The van der Waals surface area contributed by atoms with Crippen LogP contribution >= 0.6 is 11.3 Å². The zero-order chi connectivity index (χ0) is 19.7. The number of benzene rings is 1. The number of fused-ring (bicyclic) bond motifs is 1. The van der Waals surface area contributed by atoms with E-state index in [0.29, 0.717) is 18.1 Å². The van der Waals surface area contributed by atoms with Crippen LogP contribution < -0.4 is 11.0 Å². The topological polar surface area (TPSA) is 64.2 Å². The van der Waals surface area contributed by atoms with Crippen LogP contribution in [-0.4, -0.2) is 19.2 Å². The zero-order valence-electron chi connectivity index (χ0n) is 16.2. The SMILES string of the molecule is CC(C)c1nc(C(C)Nc2cccc(Cn3nc4ccccn4c3=O)c2)cs1. The molecule has 0 fully saturated rings. The smallest absolute Gasteiger partial charge is 0.350 e. The van der Waals surface area contributed by atoms with Crippen LogP contribution in [0, 0.1) is 0 Å². The summed E-state index contributed by atoms with van der Waals surface area (Å²) in [6, 6.07) is 13.7. The summed E-state index contributed by atoms with van der Waals surface area (Å²) in [7, 11) is 0. The second kappa shape index (κ2) is 7.59. The Hall–Kier alpha value is -2.93. The van der Waals surface area contributed by atoms with Gasteiger partial charge >= 0.3 is 5.69 Å². The first kappa shape index (κ1) is 18.4. The minimum absolute atomic E-state index is 0.108. The molecule has 6 nitrogen and oxygen atoms in total. The third-order valence-electron chi connectivity index (χ3n) is 4.61. The molecule has 4 aromatic rings. The highest BCUT2D eigenvalue weighted by atomic mass is 32.1. The van der Waals surface area contributed by atoms with Crippen molar-refractivity contribution in [1.29, 1.82) is 0 Å². The molecule has 0 aliphatic heterocycles. The number of nitrogens with zero attached hydrogens (tertiary/aromatic N) is 4. The van der Waals surface area contributed by atoms with Crippen molar-refractivity contribution in [3.63, 3.8) is 0 Å². The number of anilines is 1. The zero-order valence-corrected chi connectivity index (χ0v) is 17.0. The van der Waals surface area contributed by atoms with E-state index >= 15 is 0 Å². The maximum absolute atomic E-state index is 12.5. The van der Waals surface area contributed by atoms with E-state index < -0.39 is 0 Å². The lowest BCUT2D eigenvalue weighted by Crippen LogP contribution is -2.21. The normalized spacial score (nSPS) is 12.6. The van der Waals surface area contributed by atoms with Crippen molar-refractivity contribution < 1.29 is 0 Å². The number of nitrogens with one attached hydrogen (secondary N) is 1. The molecule has 0 bridgehead atoms. The van der Waals surface area contributed by atoms with E-state index in [2.05, 4.69) is 42.6 Å². The molecule has 7 heteroatoms. The predicted octanol–water partition coefficient (Wildman–Crippen LogP) is 4.30. The molecule has 0 saturated carbocycles. The van der Waals surface area contributed by atoms with Crippen LogP contribution in [0.25, 0.3) is 5.65 Å². The van der Waals surface area contributed by atoms with Crippen molar-refractivity contribution in [1.82, 2.24) is 19.2 Å². The Balaban J connectivity index is 1.52. The van der Waals surface area contributed by atoms with E-state index in [1.807, 2.05) is 36.4 Å². The average Bonchev–Trinajstić information content (AvgIpc) is 3.29. The lowest BCUT2D eigenvalue weighted by Gasteiger charge is -2.14. The molecule has 1 aromatic carbocycles. The summed E-state index contributed by atoms with van der Waals surface area (Å²) in [6.45, 7) is 6.86. The predicted molar refractivity (Wildman–Crippen MR) is 113 cm³/mol. The van der Waals surface area contributed by atoms with Crippen LogP contribution in [0.15, 0.2) is 58.8 Å². The second-order valence-electron chi connectivity index (χ2n) is 7.20. The molecule has 0 radical (unpaired) electrons. The molecule has 3 heterocycles. The van der Waals surface area contributed by atoms with Gasteiger partial charge in [-0.05, 0) is 36.8 Å². The summed E-state index contributed by atoms with van der Waals surface area (Å²) in [6.07, 6.45) is 1.74. The van der Waals surface area contributed by atoms with Crippen molar-refractivity contribution >= 4 is 22.7 Å². The molecule has 0 spiro atoms. The largest absolute Gasteiger partial charge is 0.377 e. The molecule has 144 valence electrons. The van der Waals surface area contributed by atoms with Gasteiger partial charge in [0.1, 0.15) is 0 Å². The van der Waals surface area contributed by atoms with Crippen molar-refractivity contribution in [3.05, 3.63) is 80.8 Å². The van der Waals surface area contributed by atoms with Crippen LogP contribution in [0.3, 0.4) is 0 Å². The fourth-order valence-electron chi connectivity index (χ4n) is 3.09. The number of thiazole rings is 1. The Morgan fingerprint density at radius 2 is 2.00 bits per heavy atom. The summed E-state index contributed by atoms with van der Waals surface area (Å²) >= 11 is 1.71. The van der Waals surface area contributed by atoms with Gasteiger partial charge in [0.05, 0.1) is 23.3 Å². The molecule has 1 atom stereocenters. The minimum Gasteiger partial charge on any atom is -0.377 e. The van der Waals surface area contributed by atoms with Gasteiger partial charge < -0.3 is 5.32 Å². The van der Waals surface area contributed by atoms with Crippen molar-refractivity contribution in [3.8, 4) is 0 Å². The Bertz CT molecular complexity index is 1160. The molecule has 0 aliphatic carbocycles. The van der Waals surface area contributed by atoms with Crippen molar-refractivity contribution in [2.75, 3.05) is 5.32 Å². The fourth-order valence-corrected chi connectivity index (χ4v) is 4.02. The van der Waals surface area contributed by atoms with Gasteiger partial charge in [0, 0.05) is 23.2 Å². The van der Waals surface area contributed by atoms with Gasteiger partial charge in [0.15, 0.2) is 5.65 Å². The second-order valence-corrected chi connectivity index (χ2v) is 8.09. The van der Waals surface area contributed by atoms with E-state index in [1.54, 1.807) is 21.9 Å². The highest BCUT2D eigenvalue weighted by molar-refractivity contribution is 7.09. The number of hydrogen-bond donors (Lipinski definition) is 1. The number of rotatable bonds is 6. The lowest BCUT2D eigenvalue weighted by molar-refractivity contribution is 0.658. The van der Waals surface area contributed by atoms with E-state index in [4.69, 9.17) is 4.98 Å². The van der Waals surface area contributed by atoms with Crippen molar-refractivity contribution in [2.45, 2.75) is 39.3 Å². The number of pyridine rings is 1. The minimum atomic E-state index is -0.133. The first-order chi connectivity index (χ1) is 13.5. The monoisotopic (exact) mass is 393 g/mol.